The molecule has 2 aromatic rings. The lowest BCUT2D eigenvalue weighted by Crippen LogP contribution is -2.08. The molecule has 0 saturated heterocycles. The van der Waals surface area contributed by atoms with Crippen molar-refractivity contribution in [2.45, 2.75) is 20.4 Å². The van der Waals surface area contributed by atoms with E-state index in [4.69, 9.17) is 16.3 Å². The number of benzene rings is 1. The summed E-state index contributed by atoms with van der Waals surface area (Å²) in [5.74, 6) is 0.687. The van der Waals surface area contributed by atoms with Crippen LogP contribution in [0.15, 0.2) is 29.6 Å². The lowest BCUT2D eigenvalue weighted by Gasteiger charge is -2.13. The van der Waals surface area contributed by atoms with Gasteiger partial charge in [0.1, 0.15) is 5.75 Å². The fourth-order valence-electron chi connectivity index (χ4n) is 1.88. The zero-order chi connectivity index (χ0) is 15.2. The number of anilines is 2. The zero-order valence-corrected chi connectivity index (χ0v) is 13.5. The lowest BCUT2D eigenvalue weighted by atomic mass is 10.2. The van der Waals surface area contributed by atoms with Crippen molar-refractivity contribution in [1.82, 2.24) is 0 Å². The van der Waals surface area contributed by atoms with E-state index in [9.17, 15) is 4.79 Å². The molecule has 6 heteroatoms. The Kier molecular flexibility index (Phi) is 5.47. The van der Waals surface area contributed by atoms with Gasteiger partial charge in [0, 0.05) is 16.8 Å². The molecule has 0 spiro atoms. The average molecular weight is 325 g/mol. The Hall–Kier alpha value is -1.72. The maximum Gasteiger partial charge on any atom is 0.221 e. The predicted octanol–water partition coefficient (Wildman–Crippen LogP) is 4.37. The predicted molar refractivity (Wildman–Crippen MR) is 88.6 cm³/mol. The topological polar surface area (TPSA) is 50.4 Å². The third kappa shape index (κ3) is 4.37. The quantitative estimate of drug-likeness (QED) is 0.829. The number of carbonyl (C=O) groups excluding carboxylic acids is 1. The van der Waals surface area contributed by atoms with Gasteiger partial charge in [-0.15, -0.1) is 11.3 Å². The normalized spacial score (nSPS) is 10.2. The molecule has 1 aromatic heterocycles. The van der Waals surface area contributed by atoms with Gasteiger partial charge in [-0.25, -0.2) is 0 Å². The van der Waals surface area contributed by atoms with E-state index in [2.05, 4.69) is 10.6 Å². The van der Waals surface area contributed by atoms with Crippen molar-refractivity contribution in [2.75, 3.05) is 17.2 Å². The molecule has 0 fully saturated rings. The first kappa shape index (κ1) is 15.7. The molecule has 21 heavy (non-hydrogen) atoms. The van der Waals surface area contributed by atoms with E-state index in [1.807, 2.05) is 30.5 Å². The smallest absolute Gasteiger partial charge is 0.221 e. The molecule has 0 aliphatic carbocycles. The van der Waals surface area contributed by atoms with E-state index in [1.165, 1.54) is 6.92 Å². The maximum absolute atomic E-state index is 11.2. The molecule has 0 saturated carbocycles. The SMILES string of the molecule is CCOc1ccc(Cl)cc1NCc1sccc1NC(C)=O. The van der Waals surface area contributed by atoms with Crippen LogP contribution in [0.25, 0.3) is 0 Å². The van der Waals surface area contributed by atoms with Gasteiger partial charge in [-0.05, 0) is 36.6 Å². The van der Waals surface area contributed by atoms with Crippen LogP contribution in [0, 0.1) is 0 Å². The molecule has 0 radical (unpaired) electrons. The van der Waals surface area contributed by atoms with Crippen LogP contribution in [0.3, 0.4) is 0 Å². The molecule has 0 aliphatic heterocycles. The fraction of sp³-hybridized carbons (Fsp3) is 0.267. The number of hydrogen-bond donors (Lipinski definition) is 2. The minimum atomic E-state index is -0.0765. The number of halogens is 1. The third-order valence-corrected chi connectivity index (χ3v) is 3.89. The number of thiophene rings is 1. The maximum atomic E-state index is 11.2. The number of rotatable bonds is 6. The Morgan fingerprint density at radius 3 is 2.86 bits per heavy atom. The van der Waals surface area contributed by atoms with Gasteiger partial charge < -0.3 is 15.4 Å². The van der Waals surface area contributed by atoms with Crippen LogP contribution in [-0.4, -0.2) is 12.5 Å². The van der Waals surface area contributed by atoms with Crippen LogP contribution < -0.4 is 15.4 Å². The van der Waals surface area contributed by atoms with Crippen LogP contribution >= 0.6 is 22.9 Å². The summed E-state index contributed by atoms with van der Waals surface area (Å²) in [5, 5.41) is 8.72. The average Bonchev–Trinajstić information content (AvgIpc) is 2.85. The number of hydrogen-bond acceptors (Lipinski definition) is 4. The molecular weight excluding hydrogens is 308 g/mol. The van der Waals surface area contributed by atoms with Crippen LogP contribution in [0.1, 0.15) is 18.7 Å². The second-order valence-corrected chi connectivity index (χ2v) is 5.80. The molecule has 112 valence electrons. The monoisotopic (exact) mass is 324 g/mol. The van der Waals surface area contributed by atoms with Crippen LogP contribution in [0.5, 0.6) is 5.75 Å². The van der Waals surface area contributed by atoms with E-state index >= 15 is 0 Å². The van der Waals surface area contributed by atoms with Crippen molar-refractivity contribution in [3.63, 3.8) is 0 Å². The highest BCUT2D eigenvalue weighted by Gasteiger charge is 2.08. The summed E-state index contributed by atoms with van der Waals surface area (Å²) >= 11 is 7.61. The van der Waals surface area contributed by atoms with E-state index in [-0.39, 0.29) is 5.91 Å². The van der Waals surface area contributed by atoms with Crippen molar-refractivity contribution in [1.29, 1.82) is 0 Å². The van der Waals surface area contributed by atoms with Crippen LogP contribution in [0.4, 0.5) is 11.4 Å². The molecule has 0 unspecified atom stereocenters. The molecule has 2 rings (SSSR count). The number of ether oxygens (including phenoxy) is 1. The van der Waals surface area contributed by atoms with Crippen LogP contribution in [0.2, 0.25) is 5.02 Å². The zero-order valence-electron chi connectivity index (χ0n) is 11.9. The summed E-state index contributed by atoms with van der Waals surface area (Å²) in [5.41, 5.74) is 1.67. The van der Waals surface area contributed by atoms with E-state index in [0.29, 0.717) is 18.2 Å². The molecule has 0 bridgehead atoms. The highest BCUT2D eigenvalue weighted by Crippen LogP contribution is 2.30. The molecule has 0 aliphatic rings. The first-order valence-corrected chi connectivity index (χ1v) is 7.86. The Labute approximate surface area is 133 Å². The molecule has 1 heterocycles. The van der Waals surface area contributed by atoms with Gasteiger partial charge in [0.15, 0.2) is 0 Å². The summed E-state index contributed by atoms with van der Waals surface area (Å²) in [4.78, 5) is 12.2. The third-order valence-electron chi connectivity index (χ3n) is 2.74. The van der Waals surface area contributed by atoms with E-state index in [1.54, 1.807) is 17.4 Å². The largest absolute Gasteiger partial charge is 0.492 e. The van der Waals surface area contributed by atoms with Crippen LogP contribution in [-0.2, 0) is 11.3 Å². The molecule has 2 N–H and O–H groups in total. The summed E-state index contributed by atoms with van der Waals surface area (Å²) < 4.78 is 5.57. The molecule has 0 atom stereocenters. The first-order valence-electron chi connectivity index (χ1n) is 6.60. The van der Waals surface area contributed by atoms with Gasteiger partial charge in [-0.3, -0.25) is 4.79 Å². The Balaban J connectivity index is 2.11. The minimum Gasteiger partial charge on any atom is -0.492 e. The summed E-state index contributed by atoms with van der Waals surface area (Å²) in [6.45, 7) is 4.62. The van der Waals surface area contributed by atoms with Gasteiger partial charge in [-0.1, -0.05) is 11.6 Å². The Morgan fingerprint density at radius 1 is 1.33 bits per heavy atom. The van der Waals surface area contributed by atoms with Crippen molar-refractivity contribution in [3.05, 3.63) is 39.5 Å². The van der Waals surface area contributed by atoms with Gasteiger partial charge >= 0.3 is 0 Å². The lowest BCUT2D eigenvalue weighted by molar-refractivity contribution is -0.114. The standard InChI is InChI=1S/C15H17ClN2O2S/c1-3-20-14-5-4-11(16)8-13(14)17-9-15-12(6-7-21-15)18-10(2)19/h4-8,17H,3,9H2,1-2H3,(H,18,19). The Morgan fingerprint density at radius 2 is 2.14 bits per heavy atom. The second-order valence-electron chi connectivity index (χ2n) is 4.37. The van der Waals surface area contributed by atoms with Gasteiger partial charge in [0.25, 0.3) is 0 Å². The van der Waals surface area contributed by atoms with Crippen molar-refractivity contribution in [2.24, 2.45) is 0 Å². The number of nitrogens with one attached hydrogen (secondary N) is 2. The molecular formula is C15H17ClN2O2S. The van der Waals surface area contributed by atoms with Gasteiger partial charge in [-0.2, -0.15) is 0 Å². The summed E-state index contributed by atoms with van der Waals surface area (Å²) in [6.07, 6.45) is 0. The summed E-state index contributed by atoms with van der Waals surface area (Å²) in [6, 6.07) is 7.37. The minimum absolute atomic E-state index is 0.0765. The first-order chi connectivity index (χ1) is 10.1. The molecule has 1 amide bonds. The van der Waals surface area contributed by atoms with Gasteiger partial charge in [0.2, 0.25) is 5.91 Å². The van der Waals surface area contributed by atoms with Crippen molar-refractivity contribution >= 4 is 40.2 Å². The second kappa shape index (κ2) is 7.33. The van der Waals surface area contributed by atoms with Crippen molar-refractivity contribution in [3.8, 4) is 5.75 Å². The Bertz CT molecular complexity index is 628. The molecule has 1 aromatic carbocycles. The highest BCUT2D eigenvalue weighted by atomic mass is 35.5. The van der Waals surface area contributed by atoms with E-state index < -0.39 is 0 Å². The highest BCUT2D eigenvalue weighted by molar-refractivity contribution is 7.10. The van der Waals surface area contributed by atoms with E-state index in [0.717, 1.165) is 22.0 Å². The number of amides is 1. The van der Waals surface area contributed by atoms with Gasteiger partial charge in [0.05, 0.1) is 24.5 Å². The number of carbonyl (C=O) groups is 1. The summed E-state index contributed by atoms with van der Waals surface area (Å²) in [7, 11) is 0. The fourth-order valence-corrected chi connectivity index (χ4v) is 2.82. The van der Waals surface area contributed by atoms with Crippen molar-refractivity contribution < 1.29 is 9.53 Å². The molecule has 4 nitrogen and oxygen atoms in total.